The van der Waals surface area contributed by atoms with Gasteiger partial charge in [-0.15, -0.1) is 0 Å². The van der Waals surface area contributed by atoms with Crippen molar-refractivity contribution in [1.29, 1.82) is 0 Å². The molecule has 4 heterocycles. The van der Waals surface area contributed by atoms with Crippen LogP contribution in [0.1, 0.15) is 51.0 Å². The smallest absolute Gasteiger partial charge is 0.247 e. The van der Waals surface area contributed by atoms with E-state index in [9.17, 15) is 9.59 Å². The number of nitrogens with one attached hydrogen (secondary N) is 2. The van der Waals surface area contributed by atoms with Crippen LogP contribution in [0.5, 0.6) is 0 Å². The van der Waals surface area contributed by atoms with Crippen LogP contribution in [0.2, 0.25) is 0 Å². The summed E-state index contributed by atoms with van der Waals surface area (Å²) in [5, 5.41) is 3.53. The summed E-state index contributed by atoms with van der Waals surface area (Å²) in [6, 6.07) is 3.94. The van der Waals surface area contributed by atoms with Crippen LogP contribution in [-0.4, -0.2) is 50.3 Å². The lowest BCUT2D eigenvalue weighted by molar-refractivity contribution is -0.120. The second-order valence-electron chi connectivity index (χ2n) is 9.59. The van der Waals surface area contributed by atoms with E-state index < -0.39 is 0 Å². The molecule has 2 aliphatic carbocycles. The molecule has 8 nitrogen and oxygen atoms in total. The van der Waals surface area contributed by atoms with E-state index in [-0.39, 0.29) is 22.9 Å². The zero-order valence-electron chi connectivity index (χ0n) is 18.2. The first-order valence-corrected chi connectivity index (χ1v) is 12.4. The standard InChI is InChI=1S/C23H28N6O2S/c1-14(15-2-3-15)29-20-18(23(8-9-23)21(29)31)13-25-22(27-20)26-16-6-10-28(11-7-16)32-17-4-5-19(30)24-12-17/h4-5,12-16H,2-3,6-11H2,1H3,(H,24,30)(H,25,26,27). The van der Waals surface area contributed by atoms with Gasteiger partial charge in [-0.1, -0.05) is 0 Å². The predicted octanol–water partition coefficient (Wildman–Crippen LogP) is 2.93. The fourth-order valence-electron chi connectivity index (χ4n) is 5.06. The summed E-state index contributed by atoms with van der Waals surface area (Å²) < 4.78 is 2.32. The number of nitrogens with zero attached hydrogens (tertiary/aromatic N) is 4. The Labute approximate surface area is 191 Å². The number of anilines is 2. The molecule has 6 rings (SSSR count). The quantitative estimate of drug-likeness (QED) is 0.651. The fraction of sp³-hybridized carbons (Fsp3) is 0.565. The summed E-state index contributed by atoms with van der Waals surface area (Å²) in [6.07, 6.45) is 9.90. The molecule has 1 spiro atoms. The Morgan fingerprint density at radius 2 is 1.97 bits per heavy atom. The Hall–Kier alpha value is -2.39. The van der Waals surface area contributed by atoms with Crippen LogP contribution in [0, 0.1) is 5.92 Å². The number of rotatable bonds is 6. The van der Waals surface area contributed by atoms with Crippen molar-refractivity contribution in [3.63, 3.8) is 0 Å². The highest BCUT2D eigenvalue weighted by molar-refractivity contribution is 7.97. The molecule has 32 heavy (non-hydrogen) atoms. The van der Waals surface area contributed by atoms with E-state index in [1.165, 1.54) is 12.8 Å². The van der Waals surface area contributed by atoms with Gasteiger partial charge in [0.1, 0.15) is 5.82 Å². The van der Waals surface area contributed by atoms with Crippen LogP contribution in [0.4, 0.5) is 11.8 Å². The average molecular weight is 453 g/mol. The number of pyridine rings is 1. The third kappa shape index (κ3) is 3.51. The van der Waals surface area contributed by atoms with Crippen molar-refractivity contribution >= 4 is 29.6 Å². The van der Waals surface area contributed by atoms with Crippen LogP contribution in [0.3, 0.4) is 0 Å². The minimum atomic E-state index is -0.332. The number of carbonyl (C=O) groups excluding carboxylic acids is 1. The monoisotopic (exact) mass is 452 g/mol. The lowest BCUT2D eigenvalue weighted by Gasteiger charge is -2.31. The third-order valence-corrected chi connectivity index (χ3v) is 8.47. The van der Waals surface area contributed by atoms with Gasteiger partial charge in [0.2, 0.25) is 17.4 Å². The largest absolute Gasteiger partial charge is 0.351 e. The summed E-state index contributed by atoms with van der Waals surface area (Å²) in [7, 11) is 0. The normalized spacial score (nSPS) is 23.4. The molecule has 0 aromatic carbocycles. The van der Waals surface area contributed by atoms with Gasteiger partial charge in [0.25, 0.3) is 0 Å². The van der Waals surface area contributed by atoms with Crippen molar-refractivity contribution in [2.24, 2.45) is 5.92 Å². The number of aromatic amines is 1. The van der Waals surface area contributed by atoms with Crippen molar-refractivity contribution in [2.75, 3.05) is 23.3 Å². The molecule has 2 aromatic heterocycles. The minimum absolute atomic E-state index is 0.0778. The van der Waals surface area contributed by atoms with Gasteiger partial charge in [0, 0.05) is 54.1 Å². The molecule has 0 radical (unpaired) electrons. The summed E-state index contributed by atoms with van der Waals surface area (Å²) in [5.41, 5.74) is 0.625. The molecule has 2 N–H and O–H groups in total. The zero-order chi connectivity index (χ0) is 21.9. The van der Waals surface area contributed by atoms with Crippen molar-refractivity contribution in [1.82, 2.24) is 19.3 Å². The Bertz CT molecular complexity index is 1080. The van der Waals surface area contributed by atoms with Crippen LogP contribution in [-0.2, 0) is 10.2 Å². The number of H-pyrrole nitrogens is 1. The Morgan fingerprint density at radius 3 is 2.62 bits per heavy atom. The first-order chi connectivity index (χ1) is 15.5. The SMILES string of the molecule is CC(C1CC1)N1C(=O)C2(CC2)c2cnc(NC3CCN(Sc4ccc(=O)[nH]c4)CC3)nc21. The second kappa shape index (κ2) is 7.59. The number of amides is 1. The maximum absolute atomic E-state index is 13.2. The van der Waals surface area contributed by atoms with Crippen LogP contribution in [0.15, 0.2) is 34.2 Å². The van der Waals surface area contributed by atoms with Gasteiger partial charge in [0.05, 0.1) is 5.41 Å². The average Bonchev–Trinajstić information content (AvgIpc) is 3.70. The molecule has 9 heteroatoms. The summed E-state index contributed by atoms with van der Waals surface area (Å²) in [6.45, 7) is 4.06. The summed E-state index contributed by atoms with van der Waals surface area (Å²) >= 11 is 1.68. The van der Waals surface area contributed by atoms with E-state index in [2.05, 4.69) is 26.5 Å². The molecule has 168 valence electrons. The second-order valence-corrected chi connectivity index (χ2v) is 10.8. The number of fused-ring (bicyclic) bond motifs is 2. The molecule has 1 unspecified atom stereocenters. The van der Waals surface area contributed by atoms with E-state index >= 15 is 0 Å². The van der Waals surface area contributed by atoms with Gasteiger partial charge in [-0.3, -0.25) is 14.5 Å². The van der Waals surface area contributed by atoms with E-state index in [0.717, 1.165) is 55.0 Å². The van der Waals surface area contributed by atoms with E-state index in [4.69, 9.17) is 4.98 Å². The van der Waals surface area contributed by atoms with Crippen LogP contribution < -0.4 is 15.8 Å². The van der Waals surface area contributed by atoms with E-state index in [1.807, 2.05) is 17.2 Å². The van der Waals surface area contributed by atoms with Gasteiger partial charge in [-0.05, 0) is 69.4 Å². The number of aromatic nitrogens is 3. The van der Waals surface area contributed by atoms with E-state index in [0.29, 0.717) is 17.9 Å². The molecule has 2 saturated carbocycles. The Kier molecular flexibility index (Phi) is 4.80. The maximum Gasteiger partial charge on any atom is 0.247 e. The lowest BCUT2D eigenvalue weighted by Crippen LogP contribution is -2.40. The highest BCUT2D eigenvalue weighted by atomic mass is 32.2. The van der Waals surface area contributed by atoms with Gasteiger partial charge in [0.15, 0.2) is 0 Å². The van der Waals surface area contributed by atoms with Crippen molar-refractivity contribution in [2.45, 2.75) is 67.8 Å². The summed E-state index contributed by atoms with van der Waals surface area (Å²) in [5.74, 6) is 2.33. The number of hydrogen-bond acceptors (Lipinski definition) is 7. The molecule has 0 bridgehead atoms. The zero-order valence-corrected chi connectivity index (χ0v) is 19.0. The van der Waals surface area contributed by atoms with Gasteiger partial charge >= 0.3 is 0 Å². The lowest BCUT2D eigenvalue weighted by atomic mass is 10.0. The van der Waals surface area contributed by atoms with Crippen molar-refractivity contribution < 1.29 is 4.79 Å². The number of hydrogen-bond donors (Lipinski definition) is 2. The van der Waals surface area contributed by atoms with Gasteiger partial charge < -0.3 is 10.3 Å². The molecule has 1 saturated heterocycles. The minimum Gasteiger partial charge on any atom is -0.351 e. The summed E-state index contributed by atoms with van der Waals surface area (Å²) in [4.78, 5) is 39.7. The maximum atomic E-state index is 13.2. The molecule has 4 aliphatic rings. The van der Waals surface area contributed by atoms with Gasteiger partial charge in [-0.2, -0.15) is 4.98 Å². The van der Waals surface area contributed by atoms with Crippen molar-refractivity contribution in [3.8, 4) is 0 Å². The molecular formula is C23H28N6O2S. The van der Waals surface area contributed by atoms with Gasteiger partial charge in [-0.25, -0.2) is 9.29 Å². The predicted molar refractivity (Wildman–Crippen MR) is 124 cm³/mol. The Balaban J connectivity index is 1.12. The number of piperidine rings is 1. The third-order valence-electron chi connectivity index (χ3n) is 7.38. The molecule has 1 amide bonds. The molecule has 2 aliphatic heterocycles. The Morgan fingerprint density at radius 1 is 1.19 bits per heavy atom. The first-order valence-electron chi connectivity index (χ1n) is 11.6. The molecular weight excluding hydrogens is 424 g/mol. The van der Waals surface area contributed by atoms with Crippen LogP contribution >= 0.6 is 11.9 Å². The first kappa shape index (κ1) is 20.2. The van der Waals surface area contributed by atoms with Crippen LogP contribution in [0.25, 0.3) is 0 Å². The highest BCUT2D eigenvalue weighted by Gasteiger charge is 2.61. The number of carbonyl (C=O) groups is 1. The topological polar surface area (TPSA) is 94.2 Å². The fourth-order valence-corrected chi connectivity index (χ4v) is 5.99. The molecule has 2 aromatic rings. The van der Waals surface area contributed by atoms with Crippen molar-refractivity contribution in [3.05, 3.63) is 40.4 Å². The molecule has 3 fully saturated rings. The van der Waals surface area contributed by atoms with E-state index in [1.54, 1.807) is 24.2 Å². The molecule has 1 atom stereocenters. The highest BCUT2D eigenvalue weighted by Crippen LogP contribution is 2.58.